The van der Waals surface area contributed by atoms with Crippen molar-refractivity contribution in [3.05, 3.63) is 112 Å². The van der Waals surface area contributed by atoms with E-state index in [9.17, 15) is 10.2 Å². The molecule has 0 aliphatic heterocycles. The second-order valence-corrected chi connectivity index (χ2v) is 26.9. The van der Waals surface area contributed by atoms with Crippen LogP contribution in [-0.2, 0) is 22.4 Å². The van der Waals surface area contributed by atoms with Crippen molar-refractivity contribution in [2.24, 2.45) is 41.4 Å². The number of alkyl halides is 3. The summed E-state index contributed by atoms with van der Waals surface area (Å²) in [5, 5.41) is 25.7. The van der Waals surface area contributed by atoms with Crippen LogP contribution in [0.3, 0.4) is 0 Å². The fourth-order valence-corrected chi connectivity index (χ4v) is 15.9. The molecule has 71 heavy (non-hydrogen) atoms. The minimum Gasteiger partial charge on any atom is -0.507 e. The topological polar surface area (TPSA) is 53.4 Å². The van der Waals surface area contributed by atoms with Gasteiger partial charge >= 0.3 is 6.18 Å². The molecule has 7 saturated carbocycles. The maximum atomic E-state index is 15.7. The van der Waals surface area contributed by atoms with Gasteiger partial charge in [-0.05, 0) is 221 Å². The van der Waals surface area contributed by atoms with Crippen LogP contribution >= 0.6 is 0 Å². The number of pyridine rings is 1. The molecule has 0 radical (unpaired) electrons. The predicted octanol–water partition coefficient (Wildman–Crippen LogP) is 18.4. The van der Waals surface area contributed by atoms with E-state index in [4.69, 9.17) is 4.98 Å². The van der Waals surface area contributed by atoms with E-state index in [-0.39, 0.29) is 56.9 Å². The molecule has 6 heteroatoms. The molecule has 376 valence electrons. The Balaban J connectivity index is 1.13. The molecule has 12 rings (SSSR count). The van der Waals surface area contributed by atoms with E-state index in [0.717, 1.165) is 65.0 Å². The number of nitrogens with zero attached hydrogens (tertiary/aromatic N) is 1. The number of hydrogen-bond acceptors (Lipinski definition) is 3. The quantitative estimate of drug-likeness (QED) is 0.163. The van der Waals surface area contributed by atoms with E-state index >= 15 is 13.2 Å². The lowest BCUT2D eigenvalue weighted by molar-refractivity contribution is -0.137. The number of aromatic nitrogens is 1. The van der Waals surface area contributed by atoms with Crippen LogP contribution in [0.15, 0.2) is 72.8 Å². The van der Waals surface area contributed by atoms with E-state index in [1.165, 1.54) is 63.5 Å². The summed E-state index contributed by atoms with van der Waals surface area (Å²) in [6.45, 7) is 21.7. The molecule has 5 aromatic rings. The number of halogens is 3. The van der Waals surface area contributed by atoms with Crippen molar-refractivity contribution in [1.29, 1.82) is 0 Å². The molecule has 7 bridgehead atoms. The highest BCUT2D eigenvalue weighted by Crippen LogP contribution is 2.64. The molecule has 1 heterocycles. The molecule has 2 N–H and O–H groups in total. The maximum Gasteiger partial charge on any atom is 0.416 e. The summed E-state index contributed by atoms with van der Waals surface area (Å²) >= 11 is 0. The lowest BCUT2D eigenvalue weighted by Gasteiger charge is -2.57. The van der Waals surface area contributed by atoms with Crippen LogP contribution in [-0.4, -0.2) is 15.2 Å². The Bertz CT molecular complexity index is 2850. The summed E-state index contributed by atoms with van der Waals surface area (Å²) in [6, 6.07) is 23.4. The standard InChI is InChI=1S/C65H78F3NO2/c1-35(2)42-12-15-49(54-26-45(62(5,6)7)27-56(60(54)70)51-23-38-17-37-11-14-48(51)44(21-37)22-38)52(24-42)58-30-47(65(66,67)68)31-59(69-58)53-25-43(36(3)4)13-16-50(53)55-28-46(63(8,9)10)29-57(61(55)71)64-32-39-18-40(33-64)20-41(19-39)34-64/h12-13,15-16,24-31,35-41,44,48,51,70-71H,11,14,17-23,32-34H2,1-10H3. The van der Waals surface area contributed by atoms with Crippen molar-refractivity contribution in [3.8, 4) is 56.3 Å². The molecule has 5 unspecified atom stereocenters. The van der Waals surface area contributed by atoms with Crippen molar-refractivity contribution in [2.75, 3.05) is 0 Å². The lowest BCUT2D eigenvalue weighted by Crippen LogP contribution is -2.48. The smallest absolute Gasteiger partial charge is 0.416 e. The zero-order valence-electron chi connectivity index (χ0n) is 44.2. The van der Waals surface area contributed by atoms with Crippen LogP contribution in [0.5, 0.6) is 11.5 Å². The van der Waals surface area contributed by atoms with Crippen molar-refractivity contribution in [1.82, 2.24) is 4.98 Å². The van der Waals surface area contributed by atoms with Gasteiger partial charge in [0.1, 0.15) is 11.5 Å². The molecular formula is C65H78F3NO2. The highest BCUT2D eigenvalue weighted by molar-refractivity contribution is 5.90. The third-order valence-electron chi connectivity index (χ3n) is 19.3. The fourth-order valence-electron chi connectivity index (χ4n) is 15.9. The first-order valence-corrected chi connectivity index (χ1v) is 27.6. The number of rotatable bonds is 8. The minimum atomic E-state index is -4.68. The summed E-state index contributed by atoms with van der Waals surface area (Å²) in [7, 11) is 0. The average Bonchev–Trinajstić information content (AvgIpc) is 3.29. The van der Waals surface area contributed by atoms with Gasteiger partial charge in [0.25, 0.3) is 0 Å². The van der Waals surface area contributed by atoms with Gasteiger partial charge in [-0.15, -0.1) is 0 Å². The van der Waals surface area contributed by atoms with E-state index in [1.807, 2.05) is 24.3 Å². The number of phenols is 2. The number of phenolic OH excluding ortho intramolecular Hbond substituents is 2. The fraction of sp³-hybridized carbons (Fsp3) is 0.554. The Morgan fingerprint density at radius 2 is 1.00 bits per heavy atom. The Hall–Kier alpha value is -4.58. The molecule has 0 amide bonds. The summed E-state index contributed by atoms with van der Waals surface area (Å²) in [6.07, 6.45) is 9.78. The van der Waals surface area contributed by atoms with Crippen molar-refractivity contribution in [3.63, 3.8) is 0 Å². The molecule has 7 aliphatic carbocycles. The van der Waals surface area contributed by atoms with Gasteiger partial charge in [-0.1, -0.05) is 112 Å². The number of benzene rings is 4. The molecule has 5 atom stereocenters. The first-order valence-electron chi connectivity index (χ1n) is 27.6. The predicted molar refractivity (Wildman–Crippen MR) is 284 cm³/mol. The SMILES string of the molecule is CC(C)c1ccc(-c2cc(C(C)(C)C)cc(C3CC4CC5CCC3C(C5)C4)c2O)c(-c2cc(C(F)(F)F)cc(-c3cc(C(C)C)ccc3-c3cc(C(C)(C)C)cc(C45CC6CC(CC(C6)C4)C5)c3O)n2)c1. The van der Waals surface area contributed by atoms with Crippen LogP contribution in [0.4, 0.5) is 13.2 Å². The Kier molecular flexibility index (Phi) is 11.8. The second kappa shape index (κ2) is 17.3. The molecule has 7 fully saturated rings. The zero-order chi connectivity index (χ0) is 50.3. The highest BCUT2D eigenvalue weighted by Gasteiger charge is 2.53. The second-order valence-electron chi connectivity index (χ2n) is 26.9. The molecule has 4 aromatic carbocycles. The summed E-state index contributed by atoms with van der Waals surface area (Å²) in [4.78, 5) is 5.36. The number of fused-ring (bicyclic) bond motifs is 2. The third-order valence-corrected chi connectivity index (χ3v) is 19.3. The van der Waals surface area contributed by atoms with Gasteiger partial charge in [0.15, 0.2) is 0 Å². The van der Waals surface area contributed by atoms with Crippen LogP contribution < -0.4 is 0 Å². The van der Waals surface area contributed by atoms with Crippen molar-refractivity contribution in [2.45, 2.75) is 186 Å². The van der Waals surface area contributed by atoms with E-state index < -0.39 is 11.7 Å². The van der Waals surface area contributed by atoms with Crippen LogP contribution in [0.2, 0.25) is 0 Å². The van der Waals surface area contributed by atoms with Crippen LogP contribution in [0.25, 0.3) is 44.8 Å². The largest absolute Gasteiger partial charge is 0.507 e. The molecule has 0 spiro atoms. The maximum absolute atomic E-state index is 15.7. The zero-order valence-corrected chi connectivity index (χ0v) is 44.2. The van der Waals surface area contributed by atoms with Crippen molar-refractivity contribution < 1.29 is 23.4 Å². The van der Waals surface area contributed by atoms with E-state index in [1.54, 1.807) is 0 Å². The summed E-state index contributed by atoms with van der Waals surface area (Å²) < 4.78 is 47.0. The highest BCUT2D eigenvalue weighted by atomic mass is 19.4. The molecule has 3 nitrogen and oxygen atoms in total. The van der Waals surface area contributed by atoms with Gasteiger partial charge in [-0.25, -0.2) is 4.98 Å². The average molecular weight is 962 g/mol. The monoisotopic (exact) mass is 962 g/mol. The molecular weight excluding hydrogens is 884 g/mol. The Labute approximate surface area is 422 Å². The number of aromatic hydroxyl groups is 2. The molecule has 7 aliphatic rings. The molecule has 0 saturated heterocycles. The van der Waals surface area contributed by atoms with Gasteiger partial charge < -0.3 is 10.2 Å². The van der Waals surface area contributed by atoms with Gasteiger partial charge in [-0.3, -0.25) is 0 Å². The van der Waals surface area contributed by atoms with Gasteiger partial charge in [0.05, 0.1) is 17.0 Å². The minimum absolute atomic E-state index is 0.0884. The Morgan fingerprint density at radius 3 is 1.51 bits per heavy atom. The van der Waals surface area contributed by atoms with Crippen molar-refractivity contribution >= 4 is 0 Å². The van der Waals surface area contributed by atoms with E-state index in [2.05, 4.69) is 106 Å². The Morgan fingerprint density at radius 1 is 0.507 bits per heavy atom. The third kappa shape index (κ3) is 8.75. The van der Waals surface area contributed by atoms with Gasteiger partial charge in [0, 0.05) is 27.8 Å². The van der Waals surface area contributed by atoms with Gasteiger partial charge in [0.2, 0.25) is 0 Å². The summed E-state index contributed by atoms with van der Waals surface area (Å²) in [5.41, 5.74) is 9.08. The van der Waals surface area contributed by atoms with Crippen LogP contribution in [0, 0.1) is 41.4 Å². The number of hydrogen-bond donors (Lipinski definition) is 2. The van der Waals surface area contributed by atoms with E-state index in [0.29, 0.717) is 68.9 Å². The van der Waals surface area contributed by atoms with Crippen LogP contribution in [0.1, 0.15) is 203 Å². The summed E-state index contributed by atoms with van der Waals surface area (Å²) in [5.74, 6) is 5.64. The first-order chi connectivity index (χ1) is 33.4. The first kappa shape index (κ1) is 48.7. The normalized spacial score (nSPS) is 28.1. The lowest BCUT2D eigenvalue weighted by atomic mass is 9.47. The molecule has 1 aromatic heterocycles. The van der Waals surface area contributed by atoms with Gasteiger partial charge in [-0.2, -0.15) is 13.2 Å².